The number of aryl methyl sites for hydroxylation is 3. The lowest BCUT2D eigenvalue weighted by Gasteiger charge is -2.00. The first-order chi connectivity index (χ1) is 13.9. The molecule has 2 aromatic carbocycles. The first kappa shape index (κ1) is 19.9. The monoisotopic (exact) mass is 443 g/mol. The number of fused-ring (bicyclic) bond motifs is 1. The first-order valence-corrected chi connectivity index (χ1v) is 11.1. The molecule has 0 aliphatic rings. The summed E-state index contributed by atoms with van der Waals surface area (Å²) in [7, 11) is 0. The van der Waals surface area contributed by atoms with Crippen LogP contribution >= 0.6 is 34.7 Å². The maximum Gasteiger partial charge on any atom is 0.293 e. The quantitative estimate of drug-likeness (QED) is 0.285. The Labute approximate surface area is 181 Å². The zero-order valence-corrected chi connectivity index (χ0v) is 18.5. The Kier molecular flexibility index (Phi) is 5.63. The lowest BCUT2D eigenvalue weighted by molar-refractivity contribution is 0.0998. The zero-order chi connectivity index (χ0) is 20.5. The Morgan fingerprint density at radius 2 is 2.03 bits per heavy atom. The molecule has 1 amide bonds. The molecule has 0 saturated heterocycles. The van der Waals surface area contributed by atoms with Crippen molar-refractivity contribution >= 4 is 56.7 Å². The third-order valence-corrected chi connectivity index (χ3v) is 6.95. The van der Waals surface area contributed by atoms with Crippen molar-refractivity contribution in [3.05, 3.63) is 69.4 Å². The van der Waals surface area contributed by atoms with Gasteiger partial charge in [-0.15, -0.1) is 10.2 Å². The van der Waals surface area contributed by atoms with E-state index in [0.29, 0.717) is 15.7 Å². The number of halogens is 1. The van der Waals surface area contributed by atoms with E-state index in [-0.39, 0.29) is 11.7 Å². The number of amides is 1. The van der Waals surface area contributed by atoms with Crippen LogP contribution in [0.4, 0.5) is 5.13 Å². The molecule has 8 heteroatoms. The predicted octanol–water partition coefficient (Wildman–Crippen LogP) is 6.41. The predicted molar refractivity (Wildman–Crippen MR) is 119 cm³/mol. The van der Waals surface area contributed by atoms with Gasteiger partial charge in [-0.3, -0.25) is 10.1 Å². The molecule has 1 N–H and O–H groups in total. The molecule has 5 nitrogen and oxygen atoms in total. The third kappa shape index (κ3) is 4.32. The fourth-order valence-corrected chi connectivity index (χ4v) is 4.83. The van der Waals surface area contributed by atoms with Gasteiger partial charge in [-0.1, -0.05) is 64.5 Å². The molecule has 0 unspecified atom stereocenters. The van der Waals surface area contributed by atoms with Gasteiger partial charge in [0.2, 0.25) is 5.13 Å². The number of furan rings is 1. The van der Waals surface area contributed by atoms with Crippen LogP contribution in [0.15, 0.2) is 45.2 Å². The minimum atomic E-state index is -0.348. The maximum absolute atomic E-state index is 12.7. The average Bonchev–Trinajstić information content (AvgIpc) is 3.25. The number of carbonyl (C=O) groups is 1. The summed E-state index contributed by atoms with van der Waals surface area (Å²) < 4.78 is 6.57. The molecule has 4 rings (SSSR count). The highest BCUT2D eigenvalue weighted by molar-refractivity contribution is 8.00. The molecular weight excluding hydrogens is 426 g/mol. The van der Waals surface area contributed by atoms with Gasteiger partial charge in [0, 0.05) is 21.7 Å². The Bertz CT molecular complexity index is 1220. The van der Waals surface area contributed by atoms with E-state index >= 15 is 0 Å². The van der Waals surface area contributed by atoms with Gasteiger partial charge in [-0.25, -0.2) is 0 Å². The van der Waals surface area contributed by atoms with Gasteiger partial charge in [0.25, 0.3) is 5.91 Å². The van der Waals surface area contributed by atoms with Crippen LogP contribution in [0.2, 0.25) is 5.02 Å². The summed E-state index contributed by atoms with van der Waals surface area (Å²) in [6.45, 7) is 5.81. The number of carbonyl (C=O) groups excluding carboxylic acids is 1. The zero-order valence-electron chi connectivity index (χ0n) is 16.1. The molecule has 29 heavy (non-hydrogen) atoms. The highest BCUT2D eigenvalue weighted by atomic mass is 35.5. The van der Waals surface area contributed by atoms with Crippen molar-refractivity contribution in [2.75, 3.05) is 5.32 Å². The summed E-state index contributed by atoms with van der Waals surface area (Å²) in [5, 5.41) is 12.9. The Morgan fingerprint density at radius 1 is 1.21 bits per heavy atom. The third-order valence-electron chi connectivity index (χ3n) is 4.50. The molecule has 0 radical (unpaired) electrons. The van der Waals surface area contributed by atoms with Crippen molar-refractivity contribution in [1.29, 1.82) is 0 Å². The Balaban J connectivity index is 1.46. The van der Waals surface area contributed by atoms with E-state index in [4.69, 9.17) is 16.0 Å². The van der Waals surface area contributed by atoms with Crippen molar-refractivity contribution < 1.29 is 9.21 Å². The van der Waals surface area contributed by atoms with Crippen LogP contribution in [0.1, 0.15) is 32.8 Å². The lowest BCUT2D eigenvalue weighted by atomic mass is 10.1. The number of anilines is 1. The van der Waals surface area contributed by atoms with Gasteiger partial charge in [0.15, 0.2) is 10.1 Å². The molecule has 2 heterocycles. The minimum absolute atomic E-state index is 0.255. The van der Waals surface area contributed by atoms with Crippen molar-refractivity contribution in [3.8, 4) is 0 Å². The number of aromatic nitrogens is 2. The van der Waals surface area contributed by atoms with E-state index in [1.807, 2.05) is 32.0 Å². The van der Waals surface area contributed by atoms with Gasteiger partial charge >= 0.3 is 0 Å². The first-order valence-electron chi connectivity index (χ1n) is 8.93. The molecule has 0 bridgehead atoms. The lowest BCUT2D eigenvalue weighted by Crippen LogP contribution is -2.11. The largest absolute Gasteiger partial charge is 0.451 e. The normalized spacial score (nSPS) is 11.2. The average molecular weight is 444 g/mol. The summed E-state index contributed by atoms with van der Waals surface area (Å²) in [5.41, 5.74) is 4.74. The van der Waals surface area contributed by atoms with Crippen molar-refractivity contribution in [1.82, 2.24) is 10.2 Å². The Morgan fingerprint density at radius 3 is 2.83 bits per heavy atom. The molecule has 4 aromatic rings. The highest BCUT2D eigenvalue weighted by Gasteiger charge is 2.20. The van der Waals surface area contributed by atoms with Crippen molar-refractivity contribution in [2.24, 2.45) is 0 Å². The van der Waals surface area contributed by atoms with Gasteiger partial charge < -0.3 is 4.42 Å². The number of thioether (sulfide) groups is 1. The number of rotatable bonds is 5. The maximum atomic E-state index is 12.7. The van der Waals surface area contributed by atoms with E-state index in [9.17, 15) is 4.79 Å². The second kappa shape index (κ2) is 8.18. The SMILES string of the molecule is Cc1cccc(CSc2nnc(NC(=O)c3oc4cc(C)c(Cl)cc4c3C)s2)c1. The van der Waals surface area contributed by atoms with Gasteiger partial charge in [-0.2, -0.15) is 0 Å². The number of nitrogens with zero attached hydrogens (tertiary/aromatic N) is 2. The highest BCUT2D eigenvalue weighted by Crippen LogP contribution is 2.32. The number of hydrogen-bond acceptors (Lipinski definition) is 6. The fourth-order valence-electron chi connectivity index (χ4n) is 2.98. The standard InChI is InChI=1S/C21H18ClN3O2S2/c1-11-5-4-6-14(7-11)10-28-21-25-24-20(29-21)23-19(26)18-13(3)15-9-16(22)12(2)8-17(15)27-18/h4-9H,10H2,1-3H3,(H,23,24,26). The van der Waals surface area contributed by atoms with Crippen LogP contribution in [-0.4, -0.2) is 16.1 Å². The summed E-state index contributed by atoms with van der Waals surface area (Å²) in [4.78, 5) is 12.7. The number of hydrogen-bond donors (Lipinski definition) is 1. The second-order valence-corrected chi connectivity index (χ2v) is 9.37. The number of benzene rings is 2. The molecule has 148 valence electrons. The summed E-state index contributed by atoms with van der Waals surface area (Å²) in [5.74, 6) is 0.706. The molecule has 0 spiro atoms. The molecule has 0 saturated carbocycles. The molecule has 2 aromatic heterocycles. The van der Waals surface area contributed by atoms with Crippen LogP contribution in [0.25, 0.3) is 11.0 Å². The summed E-state index contributed by atoms with van der Waals surface area (Å²) >= 11 is 9.14. The van der Waals surface area contributed by atoms with Crippen molar-refractivity contribution in [2.45, 2.75) is 30.9 Å². The Hall–Kier alpha value is -2.35. The molecule has 0 fully saturated rings. The van der Waals surface area contributed by atoms with E-state index in [1.165, 1.54) is 22.5 Å². The van der Waals surface area contributed by atoms with Crippen LogP contribution in [0, 0.1) is 20.8 Å². The molecule has 0 atom stereocenters. The van der Waals surface area contributed by atoms with E-state index in [2.05, 4.69) is 40.6 Å². The van der Waals surface area contributed by atoms with Gasteiger partial charge in [0.1, 0.15) is 5.58 Å². The summed E-state index contributed by atoms with van der Waals surface area (Å²) in [6, 6.07) is 12.0. The van der Waals surface area contributed by atoms with E-state index in [1.54, 1.807) is 11.8 Å². The van der Waals surface area contributed by atoms with Crippen LogP contribution < -0.4 is 5.32 Å². The van der Waals surface area contributed by atoms with E-state index in [0.717, 1.165) is 26.6 Å². The van der Waals surface area contributed by atoms with Crippen LogP contribution in [0.5, 0.6) is 0 Å². The van der Waals surface area contributed by atoms with Crippen LogP contribution in [-0.2, 0) is 5.75 Å². The fraction of sp³-hybridized carbons (Fsp3) is 0.190. The van der Waals surface area contributed by atoms with Crippen molar-refractivity contribution in [3.63, 3.8) is 0 Å². The summed E-state index contributed by atoms with van der Waals surface area (Å²) in [6.07, 6.45) is 0. The number of nitrogens with one attached hydrogen (secondary N) is 1. The van der Waals surface area contributed by atoms with Gasteiger partial charge in [-0.05, 0) is 44.0 Å². The minimum Gasteiger partial charge on any atom is -0.451 e. The smallest absolute Gasteiger partial charge is 0.293 e. The van der Waals surface area contributed by atoms with Gasteiger partial charge in [0.05, 0.1) is 0 Å². The topological polar surface area (TPSA) is 68.0 Å². The van der Waals surface area contributed by atoms with E-state index < -0.39 is 0 Å². The molecular formula is C21H18ClN3O2S2. The second-order valence-electron chi connectivity index (χ2n) is 6.76. The van der Waals surface area contributed by atoms with Crippen LogP contribution in [0.3, 0.4) is 0 Å². The molecule has 0 aliphatic heterocycles. The molecule has 0 aliphatic carbocycles.